The minimum Gasteiger partial charge on any atom is -0.451 e. The van der Waals surface area contributed by atoms with Gasteiger partial charge in [0, 0.05) is 22.3 Å². The van der Waals surface area contributed by atoms with E-state index in [9.17, 15) is 14.0 Å². The second-order valence-electron chi connectivity index (χ2n) is 7.05. The molecule has 4 rings (SSSR count). The minimum atomic E-state index is -0.450. The van der Waals surface area contributed by atoms with E-state index in [1.165, 1.54) is 24.3 Å². The van der Waals surface area contributed by atoms with Gasteiger partial charge in [-0.2, -0.15) is 0 Å². The lowest BCUT2D eigenvalue weighted by Crippen LogP contribution is -2.34. The number of benzene rings is 3. The maximum Gasteiger partial charge on any atom is 0.291 e. The fraction of sp³-hybridized carbons (Fsp3) is 0.0417. The Balaban J connectivity index is 1.39. The Morgan fingerprint density at radius 2 is 1.66 bits per heavy atom. The summed E-state index contributed by atoms with van der Waals surface area (Å²) in [5.74, 6) is -1.01. The van der Waals surface area contributed by atoms with Crippen LogP contribution >= 0.6 is 12.2 Å². The third kappa shape index (κ3) is 4.81. The topological polar surface area (TPSA) is 83.4 Å². The highest BCUT2D eigenvalue weighted by Crippen LogP contribution is 2.23. The molecule has 2 amide bonds. The summed E-state index contributed by atoms with van der Waals surface area (Å²) >= 11 is 5.18. The summed E-state index contributed by atoms with van der Waals surface area (Å²) < 4.78 is 18.6. The molecule has 0 spiro atoms. The Kier molecular flexibility index (Phi) is 5.96. The van der Waals surface area contributed by atoms with Gasteiger partial charge in [-0.1, -0.05) is 18.2 Å². The molecule has 4 aromatic rings. The third-order valence-corrected chi connectivity index (χ3v) is 4.92. The molecule has 1 aromatic heterocycles. The molecule has 32 heavy (non-hydrogen) atoms. The number of hydrogen-bond donors (Lipinski definition) is 3. The first-order valence-corrected chi connectivity index (χ1v) is 10.1. The van der Waals surface area contributed by atoms with Gasteiger partial charge in [0.2, 0.25) is 0 Å². The molecular formula is C24H18FN3O3S. The fourth-order valence-corrected chi connectivity index (χ4v) is 3.31. The lowest BCUT2D eigenvalue weighted by Gasteiger charge is -2.12. The monoisotopic (exact) mass is 447 g/mol. The van der Waals surface area contributed by atoms with Crippen molar-refractivity contribution in [1.29, 1.82) is 0 Å². The van der Waals surface area contributed by atoms with E-state index in [4.69, 9.17) is 16.6 Å². The highest BCUT2D eigenvalue weighted by atomic mass is 32.1. The van der Waals surface area contributed by atoms with Gasteiger partial charge < -0.3 is 15.1 Å². The molecule has 8 heteroatoms. The Labute approximate surface area is 188 Å². The van der Waals surface area contributed by atoms with Crippen molar-refractivity contribution in [3.8, 4) is 0 Å². The summed E-state index contributed by atoms with van der Waals surface area (Å²) in [5, 5.41) is 9.24. The van der Waals surface area contributed by atoms with Crippen LogP contribution in [0.4, 0.5) is 15.8 Å². The van der Waals surface area contributed by atoms with Crippen molar-refractivity contribution in [2.24, 2.45) is 0 Å². The van der Waals surface area contributed by atoms with Crippen LogP contribution in [0.3, 0.4) is 0 Å². The fourth-order valence-electron chi connectivity index (χ4n) is 3.10. The number of amides is 2. The average Bonchev–Trinajstić information content (AvgIpc) is 3.20. The van der Waals surface area contributed by atoms with Crippen LogP contribution in [-0.2, 0) is 0 Å². The van der Waals surface area contributed by atoms with Crippen molar-refractivity contribution in [1.82, 2.24) is 5.32 Å². The molecular weight excluding hydrogens is 429 g/mol. The Morgan fingerprint density at radius 3 is 2.38 bits per heavy atom. The molecule has 0 aliphatic rings. The molecule has 0 radical (unpaired) electrons. The van der Waals surface area contributed by atoms with E-state index in [1.807, 2.05) is 25.1 Å². The maximum absolute atomic E-state index is 13.0. The van der Waals surface area contributed by atoms with Crippen molar-refractivity contribution in [2.75, 3.05) is 10.6 Å². The van der Waals surface area contributed by atoms with E-state index in [-0.39, 0.29) is 22.3 Å². The second kappa shape index (κ2) is 8.99. The summed E-state index contributed by atoms with van der Waals surface area (Å²) in [6.07, 6.45) is 0. The van der Waals surface area contributed by atoms with Gasteiger partial charge >= 0.3 is 0 Å². The number of anilines is 2. The van der Waals surface area contributed by atoms with Crippen LogP contribution in [0.15, 0.2) is 77.2 Å². The Bertz CT molecular complexity index is 1300. The number of carbonyl (C=O) groups excluding carboxylic acids is 2. The van der Waals surface area contributed by atoms with Crippen molar-refractivity contribution in [2.45, 2.75) is 6.92 Å². The van der Waals surface area contributed by atoms with Gasteiger partial charge in [0.1, 0.15) is 11.4 Å². The van der Waals surface area contributed by atoms with Crippen LogP contribution in [0.25, 0.3) is 11.0 Å². The number of fused-ring (bicyclic) bond motifs is 1. The number of carbonyl (C=O) groups is 2. The minimum absolute atomic E-state index is 0.0952. The Hall–Kier alpha value is -4.04. The first kappa shape index (κ1) is 21.2. The first-order chi connectivity index (χ1) is 15.4. The van der Waals surface area contributed by atoms with Crippen LogP contribution in [-0.4, -0.2) is 16.9 Å². The second-order valence-corrected chi connectivity index (χ2v) is 7.46. The van der Waals surface area contributed by atoms with Crippen molar-refractivity contribution in [3.05, 3.63) is 95.5 Å². The lowest BCUT2D eigenvalue weighted by atomic mass is 10.1. The molecule has 0 unspecified atom stereocenters. The first-order valence-electron chi connectivity index (χ1n) is 9.67. The van der Waals surface area contributed by atoms with Crippen LogP contribution in [0.1, 0.15) is 26.5 Å². The normalized spacial score (nSPS) is 10.6. The van der Waals surface area contributed by atoms with E-state index < -0.39 is 11.7 Å². The van der Waals surface area contributed by atoms with Crippen molar-refractivity contribution >= 4 is 51.5 Å². The molecule has 0 bridgehead atoms. The van der Waals surface area contributed by atoms with Crippen LogP contribution in [0.2, 0.25) is 0 Å². The van der Waals surface area contributed by atoms with E-state index in [1.54, 1.807) is 30.3 Å². The van der Waals surface area contributed by atoms with E-state index in [0.717, 1.165) is 10.9 Å². The van der Waals surface area contributed by atoms with Gasteiger partial charge in [-0.05, 0) is 79.3 Å². The third-order valence-electron chi connectivity index (χ3n) is 4.72. The van der Waals surface area contributed by atoms with Gasteiger partial charge in [-0.3, -0.25) is 14.9 Å². The highest BCUT2D eigenvalue weighted by molar-refractivity contribution is 7.80. The molecule has 3 N–H and O–H groups in total. The maximum atomic E-state index is 13.0. The molecule has 0 aliphatic carbocycles. The molecule has 0 atom stereocenters. The average molecular weight is 447 g/mol. The zero-order valence-electron chi connectivity index (χ0n) is 16.9. The van der Waals surface area contributed by atoms with Gasteiger partial charge in [-0.25, -0.2) is 4.39 Å². The number of furan rings is 1. The van der Waals surface area contributed by atoms with Crippen LogP contribution in [0.5, 0.6) is 0 Å². The quantitative estimate of drug-likeness (QED) is 0.372. The number of para-hydroxylation sites is 1. The molecule has 6 nitrogen and oxygen atoms in total. The lowest BCUT2D eigenvalue weighted by molar-refractivity contribution is 0.0975. The van der Waals surface area contributed by atoms with E-state index in [0.29, 0.717) is 17.0 Å². The zero-order valence-corrected chi connectivity index (χ0v) is 17.8. The number of aryl methyl sites for hydroxylation is 1. The molecule has 3 aromatic carbocycles. The summed E-state index contributed by atoms with van der Waals surface area (Å²) in [6, 6.07) is 19.5. The molecule has 1 heterocycles. The number of hydrogen-bond acceptors (Lipinski definition) is 4. The van der Waals surface area contributed by atoms with Gasteiger partial charge in [-0.15, -0.1) is 0 Å². The smallest absolute Gasteiger partial charge is 0.291 e. The number of nitrogens with one attached hydrogen (secondary N) is 3. The number of halogens is 1. The van der Waals surface area contributed by atoms with Gasteiger partial charge in [0.15, 0.2) is 10.9 Å². The van der Waals surface area contributed by atoms with Crippen molar-refractivity contribution in [3.63, 3.8) is 0 Å². The molecule has 0 fully saturated rings. The molecule has 0 saturated carbocycles. The van der Waals surface area contributed by atoms with Crippen LogP contribution < -0.4 is 16.0 Å². The highest BCUT2D eigenvalue weighted by Gasteiger charge is 2.14. The summed E-state index contributed by atoms with van der Waals surface area (Å²) in [5.41, 5.74) is 2.96. The molecule has 0 aliphatic heterocycles. The Morgan fingerprint density at radius 1 is 0.906 bits per heavy atom. The zero-order chi connectivity index (χ0) is 22.7. The van der Waals surface area contributed by atoms with Crippen molar-refractivity contribution < 1.29 is 18.4 Å². The number of thiocarbonyl (C=S) groups is 1. The van der Waals surface area contributed by atoms with E-state index >= 15 is 0 Å². The predicted octanol–water partition coefficient (Wildman–Crippen LogP) is 5.26. The van der Waals surface area contributed by atoms with Gasteiger partial charge in [0.05, 0.1) is 0 Å². The largest absolute Gasteiger partial charge is 0.451 e. The summed E-state index contributed by atoms with van der Waals surface area (Å²) in [4.78, 5) is 24.7. The summed E-state index contributed by atoms with van der Waals surface area (Å²) in [7, 11) is 0. The van der Waals surface area contributed by atoms with Crippen LogP contribution in [0, 0.1) is 12.7 Å². The SMILES string of the molecule is Cc1cc(NC(=S)NC(=O)c2ccc(F)cc2)ccc1NC(=O)c1cc2ccccc2o1. The standard InChI is InChI=1S/C24H18FN3O3S/c1-14-12-18(26-24(32)28-22(29)15-6-8-17(25)9-7-15)10-11-19(14)27-23(30)21-13-16-4-2-3-5-20(16)31-21/h2-13H,1H3,(H,27,30)(H2,26,28,29,32). The molecule has 0 saturated heterocycles. The van der Waals surface area contributed by atoms with E-state index in [2.05, 4.69) is 16.0 Å². The summed E-state index contributed by atoms with van der Waals surface area (Å²) in [6.45, 7) is 1.83. The predicted molar refractivity (Wildman–Crippen MR) is 125 cm³/mol. The molecule has 160 valence electrons. The number of rotatable bonds is 4. The van der Waals surface area contributed by atoms with Gasteiger partial charge in [0.25, 0.3) is 11.8 Å².